The first kappa shape index (κ1) is 22.5. The molecule has 1 aliphatic heterocycles. The van der Waals surface area contributed by atoms with Crippen LogP contribution in [0.2, 0.25) is 0 Å². The van der Waals surface area contributed by atoms with E-state index in [-0.39, 0.29) is 11.6 Å². The van der Waals surface area contributed by atoms with E-state index in [1.54, 1.807) is 0 Å². The Labute approximate surface area is 186 Å². The van der Waals surface area contributed by atoms with Gasteiger partial charge in [-0.05, 0) is 63.6 Å². The van der Waals surface area contributed by atoms with E-state index in [1.165, 1.54) is 15.7 Å². The van der Waals surface area contributed by atoms with Crippen molar-refractivity contribution >= 4 is 23.5 Å². The first-order chi connectivity index (χ1) is 14.4. The lowest BCUT2D eigenvalue weighted by atomic mass is 9.86. The summed E-state index contributed by atoms with van der Waals surface area (Å²) in [6, 6.07) is 21.2. The molecule has 1 heterocycles. The number of unbranched alkanes of at least 4 members (excludes halogenated alkanes) is 1. The Hall–Kier alpha value is -2.20. The Morgan fingerprint density at radius 1 is 1.07 bits per heavy atom. The number of rotatable bonds is 7. The third-order valence-electron chi connectivity index (χ3n) is 6.21. The number of anilines is 1. The minimum atomic E-state index is -0.236. The summed E-state index contributed by atoms with van der Waals surface area (Å²) in [4.78, 5) is 17.3. The van der Waals surface area contributed by atoms with Gasteiger partial charge in [-0.3, -0.25) is 0 Å². The number of hydrogen-bond donors (Lipinski definition) is 0. The topological polar surface area (TPSA) is 26.8 Å². The molecule has 5 heteroatoms. The molecule has 0 saturated carbocycles. The van der Waals surface area contributed by atoms with Gasteiger partial charge in [0.05, 0.1) is 0 Å². The van der Waals surface area contributed by atoms with Gasteiger partial charge in [0.1, 0.15) is 0 Å². The second-order valence-corrected chi connectivity index (χ2v) is 9.28. The van der Waals surface area contributed by atoms with E-state index in [0.717, 1.165) is 38.6 Å². The fourth-order valence-corrected chi connectivity index (χ4v) is 4.59. The molecule has 0 bridgehead atoms. The molecule has 30 heavy (non-hydrogen) atoms. The molecule has 162 valence electrons. The van der Waals surface area contributed by atoms with Crippen LogP contribution in [0.4, 0.5) is 10.5 Å². The van der Waals surface area contributed by atoms with Crippen LogP contribution < -0.4 is 4.90 Å². The molecule has 2 aromatic carbocycles. The third-order valence-corrected chi connectivity index (χ3v) is 6.53. The number of halogens is 1. The number of likely N-dealkylation sites (tertiary alicyclic amines) is 1. The minimum absolute atomic E-state index is 0.0674. The first-order valence-corrected chi connectivity index (χ1v) is 11.3. The molecule has 0 aromatic heterocycles. The Morgan fingerprint density at radius 2 is 1.70 bits per heavy atom. The first-order valence-electron chi connectivity index (χ1n) is 11.0. The summed E-state index contributed by atoms with van der Waals surface area (Å²) in [6.07, 6.45) is 4.80. The lowest BCUT2D eigenvalue weighted by Crippen LogP contribution is -2.58. The molecule has 2 aromatic rings. The van der Waals surface area contributed by atoms with Gasteiger partial charge in [0, 0.05) is 49.2 Å². The van der Waals surface area contributed by atoms with E-state index < -0.39 is 0 Å². The highest BCUT2D eigenvalue weighted by Gasteiger charge is 2.40. The van der Waals surface area contributed by atoms with E-state index in [2.05, 4.69) is 74.3 Å². The number of nitrogens with zero attached hydrogens (tertiary/aromatic N) is 3. The second-order valence-electron chi connectivity index (χ2n) is 8.87. The molecule has 1 unspecified atom stereocenters. The molecule has 1 fully saturated rings. The standard InChI is InChI=1S/C25H34ClN3O/c1-25(2)20-23(27(3)22-15-8-5-9-16-22)17-19-28(25)24(30)29(26)18-11-10-14-21-12-6-4-7-13-21/h4-9,12-13,15-16,23H,10-11,14,17-20H2,1-3H3. The van der Waals surface area contributed by atoms with Crippen molar-refractivity contribution in [2.75, 3.05) is 25.0 Å². The molecular weight excluding hydrogens is 394 g/mol. The van der Waals surface area contributed by atoms with Crippen molar-refractivity contribution in [2.45, 2.75) is 57.5 Å². The fraction of sp³-hybridized carbons (Fsp3) is 0.480. The van der Waals surface area contributed by atoms with E-state index in [9.17, 15) is 4.79 Å². The summed E-state index contributed by atoms with van der Waals surface area (Å²) in [7, 11) is 2.15. The Bertz CT molecular complexity index is 797. The second kappa shape index (κ2) is 10.2. The van der Waals surface area contributed by atoms with Crippen molar-refractivity contribution in [3.8, 4) is 0 Å². The van der Waals surface area contributed by atoms with E-state index >= 15 is 0 Å². The van der Waals surface area contributed by atoms with Gasteiger partial charge in [-0.1, -0.05) is 48.5 Å². The van der Waals surface area contributed by atoms with Crippen molar-refractivity contribution < 1.29 is 4.79 Å². The molecule has 1 saturated heterocycles. The van der Waals surface area contributed by atoms with Crippen LogP contribution in [0.3, 0.4) is 0 Å². The van der Waals surface area contributed by atoms with Crippen molar-refractivity contribution in [2.24, 2.45) is 0 Å². The number of aryl methyl sites for hydroxylation is 1. The van der Waals surface area contributed by atoms with Crippen LogP contribution in [-0.2, 0) is 6.42 Å². The molecule has 2 amide bonds. The molecule has 4 nitrogen and oxygen atoms in total. The number of piperidine rings is 1. The van der Waals surface area contributed by atoms with Gasteiger partial charge in [-0.2, -0.15) is 0 Å². The van der Waals surface area contributed by atoms with E-state index in [1.807, 2.05) is 17.0 Å². The van der Waals surface area contributed by atoms with Gasteiger partial charge in [0.2, 0.25) is 0 Å². The average Bonchev–Trinajstić information content (AvgIpc) is 2.76. The summed E-state index contributed by atoms with van der Waals surface area (Å²) < 4.78 is 1.38. The molecule has 1 atom stereocenters. The minimum Gasteiger partial charge on any atom is -0.371 e. The predicted molar refractivity (Wildman–Crippen MR) is 126 cm³/mol. The highest BCUT2D eigenvalue weighted by atomic mass is 35.5. The fourth-order valence-electron chi connectivity index (χ4n) is 4.38. The zero-order valence-electron chi connectivity index (χ0n) is 18.4. The predicted octanol–water partition coefficient (Wildman–Crippen LogP) is 5.96. The zero-order valence-corrected chi connectivity index (χ0v) is 19.2. The number of hydrogen-bond acceptors (Lipinski definition) is 2. The average molecular weight is 428 g/mol. The Morgan fingerprint density at radius 3 is 2.33 bits per heavy atom. The molecule has 3 rings (SSSR count). The van der Waals surface area contributed by atoms with Crippen molar-refractivity contribution in [1.82, 2.24) is 9.32 Å². The van der Waals surface area contributed by atoms with Gasteiger partial charge >= 0.3 is 6.03 Å². The van der Waals surface area contributed by atoms with Crippen molar-refractivity contribution in [3.63, 3.8) is 0 Å². The Balaban J connectivity index is 1.49. The number of benzene rings is 2. The molecule has 0 radical (unpaired) electrons. The Kier molecular flexibility index (Phi) is 7.65. The highest BCUT2D eigenvalue weighted by Crippen LogP contribution is 2.33. The summed E-state index contributed by atoms with van der Waals surface area (Å²) in [6.45, 7) is 5.60. The van der Waals surface area contributed by atoms with Gasteiger partial charge in [-0.25, -0.2) is 9.21 Å². The molecule has 0 aliphatic carbocycles. The SMILES string of the molecule is CN(c1ccccc1)C1CCN(C(=O)N(Cl)CCCCc2ccccc2)C(C)(C)C1. The lowest BCUT2D eigenvalue weighted by molar-refractivity contribution is 0.0814. The van der Waals surface area contributed by atoms with Crippen molar-refractivity contribution in [1.29, 1.82) is 0 Å². The van der Waals surface area contributed by atoms with E-state index in [4.69, 9.17) is 11.8 Å². The lowest BCUT2D eigenvalue weighted by Gasteiger charge is -2.48. The summed E-state index contributed by atoms with van der Waals surface area (Å²) in [5, 5.41) is 0. The quantitative estimate of drug-likeness (QED) is 0.402. The highest BCUT2D eigenvalue weighted by molar-refractivity contribution is 6.21. The van der Waals surface area contributed by atoms with Crippen molar-refractivity contribution in [3.05, 3.63) is 66.2 Å². The van der Waals surface area contributed by atoms with Gasteiger partial charge in [0.15, 0.2) is 0 Å². The van der Waals surface area contributed by atoms with Crippen LogP contribution in [0.15, 0.2) is 60.7 Å². The monoisotopic (exact) mass is 427 g/mol. The maximum atomic E-state index is 13.0. The number of urea groups is 1. The zero-order chi connectivity index (χ0) is 21.6. The summed E-state index contributed by atoms with van der Waals surface area (Å²) in [5.74, 6) is 0. The molecular formula is C25H34ClN3O. The summed E-state index contributed by atoms with van der Waals surface area (Å²) in [5.41, 5.74) is 2.31. The van der Waals surface area contributed by atoms with Crippen LogP contribution in [-0.4, -0.2) is 47.1 Å². The summed E-state index contributed by atoms with van der Waals surface area (Å²) >= 11 is 6.40. The maximum absolute atomic E-state index is 13.0. The molecule has 0 N–H and O–H groups in total. The smallest absolute Gasteiger partial charge is 0.335 e. The number of carbonyl (C=O) groups excluding carboxylic acids is 1. The maximum Gasteiger partial charge on any atom is 0.335 e. The largest absolute Gasteiger partial charge is 0.371 e. The van der Waals surface area contributed by atoms with Crippen LogP contribution >= 0.6 is 11.8 Å². The van der Waals surface area contributed by atoms with Crippen LogP contribution in [0, 0.1) is 0 Å². The normalized spacial score (nSPS) is 18.1. The molecule has 1 aliphatic rings. The van der Waals surface area contributed by atoms with Gasteiger partial charge in [0.25, 0.3) is 0 Å². The van der Waals surface area contributed by atoms with Crippen LogP contribution in [0.1, 0.15) is 45.1 Å². The third kappa shape index (κ3) is 5.69. The number of para-hydroxylation sites is 1. The number of amides is 2. The van der Waals surface area contributed by atoms with Gasteiger partial charge in [-0.15, -0.1) is 0 Å². The van der Waals surface area contributed by atoms with Crippen LogP contribution in [0.5, 0.6) is 0 Å². The van der Waals surface area contributed by atoms with Gasteiger partial charge < -0.3 is 9.80 Å². The van der Waals surface area contributed by atoms with E-state index in [0.29, 0.717) is 12.6 Å². The number of carbonyl (C=O) groups is 1. The van der Waals surface area contributed by atoms with Crippen LogP contribution in [0.25, 0.3) is 0 Å². The molecule has 0 spiro atoms.